The Hall–Kier alpha value is -3.99. The van der Waals surface area contributed by atoms with Crippen LogP contribution in [0.15, 0.2) is 54.6 Å². The third-order valence-electron chi connectivity index (χ3n) is 10.9. The second kappa shape index (κ2) is 12.6. The molecule has 10 nitrogen and oxygen atoms in total. The maximum absolute atomic E-state index is 13.2. The summed E-state index contributed by atoms with van der Waals surface area (Å²) in [5, 5.41) is 13.7. The Kier molecular flexibility index (Phi) is 8.11. The number of ether oxygens (including phenoxy) is 1. The summed E-state index contributed by atoms with van der Waals surface area (Å²) < 4.78 is 6.38. The molecule has 4 aromatic rings. The highest BCUT2D eigenvalue weighted by molar-refractivity contribution is 6.01. The number of piperazine rings is 2. The number of amides is 1. The maximum atomic E-state index is 13.2. The number of hydrogen-bond donors (Lipinski definition) is 1. The van der Waals surface area contributed by atoms with Gasteiger partial charge in [0.2, 0.25) is 5.91 Å². The molecule has 2 bridgehead atoms. The van der Waals surface area contributed by atoms with E-state index >= 15 is 0 Å². The van der Waals surface area contributed by atoms with Gasteiger partial charge < -0.3 is 29.4 Å². The number of nitrogens with zero attached hydrogens (tertiary/aromatic N) is 7. The van der Waals surface area contributed by atoms with E-state index in [9.17, 15) is 9.90 Å². The minimum Gasteiger partial charge on any atom is -0.508 e. The van der Waals surface area contributed by atoms with Gasteiger partial charge in [0.25, 0.3) is 0 Å². The topological polar surface area (TPSA) is 88.5 Å². The molecule has 246 valence electrons. The highest BCUT2D eigenvalue weighted by atomic mass is 16.5. The highest BCUT2D eigenvalue weighted by Gasteiger charge is 2.42. The summed E-state index contributed by atoms with van der Waals surface area (Å²) in [5.41, 5.74) is 2.80. The molecule has 1 N–H and O–H groups in total. The lowest BCUT2D eigenvalue weighted by atomic mass is 9.97. The van der Waals surface area contributed by atoms with Crippen molar-refractivity contribution in [2.75, 3.05) is 78.0 Å². The largest absolute Gasteiger partial charge is 0.508 e. The van der Waals surface area contributed by atoms with Crippen molar-refractivity contribution in [3.8, 4) is 22.9 Å². The molecule has 4 saturated heterocycles. The molecule has 0 aliphatic carbocycles. The van der Waals surface area contributed by atoms with Crippen LogP contribution in [0.25, 0.3) is 32.8 Å². The molecule has 1 aromatic heterocycles. The van der Waals surface area contributed by atoms with E-state index in [1.165, 1.54) is 6.42 Å². The van der Waals surface area contributed by atoms with Gasteiger partial charge in [-0.3, -0.25) is 9.69 Å². The van der Waals surface area contributed by atoms with Gasteiger partial charge in [-0.2, -0.15) is 9.97 Å². The number of anilines is 1. The Morgan fingerprint density at radius 2 is 1.68 bits per heavy atom. The Morgan fingerprint density at radius 1 is 0.894 bits per heavy atom. The number of aromatic nitrogens is 2. The van der Waals surface area contributed by atoms with Crippen molar-refractivity contribution < 1.29 is 14.6 Å². The number of aromatic hydroxyl groups is 1. The number of hydrogen-bond acceptors (Lipinski definition) is 9. The van der Waals surface area contributed by atoms with Crippen LogP contribution in [0.4, 0.5) is 5.82 Å². The van der Waals surface area contributed by atoms with Crippen molar-refractivity contribution in [3.63, 3.8) is 0 Å². The lowest BCUT2D eigenvalue weighted by molar-refractivity contribution is -0.134. The van der Waals surface area contributed by atoms with Crippen molar-refractivity contribution >= 4 is 33.4 Å². The third kappa shape index (κ3) is 5.98. The first-order valence-electron chi connectivity index (χ1n) is 17.2. The molecule has 0 unspecified atom stereocenters. The molecule has 0 radical (unpaired) electrons. The lowest BCUT2D eigenvalue weighted by Gasteiger charge is -2.42. The SMILES string of the molecule is CN1CCN(C(=O)CN2C[C@H]3CC[C@@H](C2)N3c2nc(OC[C@@H]3CCCN3C)nc3cc(-c4cc(O)cc5ccccc45)ccc23)CC1. The first-order valence-corrected chi connectivity index (χ1v) is 17.2. The van der Waals surface area contributed by atoms with Crippen molar-refractivity contribution in [1.82, 2.24) is 29.6 Å². The fraction of sp³-hybridized carbons (Fsp3) is 0.486. The molecule has 3 aromatic carbocycles. The van der Waals surface area contributed by atoms with Gasteiger partial charge in [0, 0.05) is 62.8 Å². The average molecular weight is 636 g/mol. The zero-order valence-electron chi connectivity index (χ0n) is 27.5. The van der Waals surface area contributed by atoms with E-state index in [0.717, 1.165) is 104 Å². The summed E-state index contributed by atoms with van der Waals surface area (Å²) >= 11 is 0. The summed E-state index contributed by atoms with van der Waals surface area (Å²) in [7, 11) is 4.28. The number of rotatable bonds is 7. The average Bonchev–Trinajstić information content (AvgIpc) is 3.61. The van der Waals surface area contributed by atoms with Crippen molar-refractivity contribution in [1.29, 1.82) is 0 Å². The van der Waals surface area contributed by atoms with Crippen molar-refractivity contribution in [3.05, 3.63) is 54.6 Å². The Morgan fingerprint density at radius 3 is 2.45 bits per heavy atom. The van der Waals surface area contributed by atoms with E-state index in [1.807, 2.05) is 29.2 Å². The van der Waals surface area contributed by atoms with Crippen LogP contribution in [0.5, 0.6) is 11.8 Å². The number of carbonyl (C=O) groups excluding carboxylic acids is 1. The van der Waals surface area contributed by atoms with Gasteiger partial charge in [0.15, 0.2) is 0 Å². The second-order valence-electron chi connectivity index (χ2n) is 14.0. The summed E-state index contributed by atoms with van der Waals surface area (Å²) in [4.78, 5) is 34.9. The standard InChI is InChI=1S/C37H45N7O3/c1-40-14-16-43(17-15-40)35(46)23-42-21-27-10-11-28(22-42)44(27)36-32-12-9-26(33-20-30(45)18-25-6-3-4-8-31(25)33)19-34(32)38-37(39-36)47-24-29-7-5-13-41(29)2/h3-4,6,8-9,12,18-20,27-29,45H,5,7,10-11,13-17,21-24H2,1-2H3/t27-,28+,29-/m0/s1. The number of benzene rings is 3. The molecule has 4 fully saturated rings. The van der Waals surface area contributed by atoms with E-state index in [-0.39, 0.29) is 23.7 Å². The van der Waals surface area contributed by atoms with Crippen LogP contribution in [-0.2, 0) is 4.79 Å². The Balaban J connectivity index is 1.11. The zero-order chi connectivity index (χ0) is 32.1. The van der Waals surface area contributed by atoms with Crippen LogP contribution < -0.4 is 9.64 Å². The monoisotopic (exact) mass is 635 g/mol. The molecule has 0 saturated carbocycles. The van der Waals surface area contributed by atoms with Gasteiger partial charge in [-0.1, -0.05) is 30.3 Å². The summed E-state index contributed by atoms with van der Waals surface area (Å²) in [6.45, 7) is 7.34. The number of likely N-dealkylation sites (tertiary alicyclic amines) is 2. The van der Waals surface area contributed by atoms with Crippen molar-refractivity contribution in [2.45, 2.75) is 43.8 Å². The first kappa shape index (κ1) is 30.4. The Labute approximate surface area is 276 Å². The van der Waals surface area contributed by atoms with Crippen LogP contribution >= 0.6 is 0 Å². The van der Waals surface area contributed by atoms with Gasteiger partial charge in [0.1, 0.15) is 18.2 Å². The number of likely N-dealkylation sites (N-methyl/N-ethyl adjacent to an activating group) is 2. The molecule has 3 atom stereocenters. The van der Waals surface area contributed by atoms with Gasteiger partial charge in [-0.15, -0.1) is 0 Å². The molecule has 1 amide bonds. The quantitative estimate of drug-likeness (QED) is 0.323. The predicted molar refractivity (Wildman–Crippen MR) is 185 cm³/mol. The summed E-state index contributed by atoms with van der Waals surface area (Å²) in [6.07, 6.45) is 4.45. The minimum absolute atomic E-state index is 0.243. The van der Waals surface area contributed by atoms with Crippen LogP contribution in [0.3, 0.4) is 0 Å². The van der Waals surface area contributed by atoms with E-state index < -0.39 is 0 Å². The summed E-state index contributed by atoms with van der Waals surface area (Å²) in [5.74, 6) is 1.42. The normalized spacial score (nSPS) is 24.1. The van der Waals surface area contributed by atoms with Crippen LogP contribution in [0.1, 0.15) is 25.7 Å². The fourth-order valence-corrected chi connectivity index (χ4v) is 8.23. The van der Waals surface area contributed by atoms with E-state index in [1.54, 1.807) is 6.07 Å². The molecule has 0 spiro atoms. The van der Waals surface area contributed by atoms with Crippen LogP contribution in [0.2, 0.25) is 0 Å². The molecule has 10 heteroatoms. The number of phenolic OH excluding ortho intramolecular Hbond substituents is 1. The number of carbonyl (C=O) groups is 1. The fourth-order valence-electron chi connectivity index (χ4n) is 8.23. The van der Waals surface area contributed by atoms with Crippen LogP contribution in [-0.4, -0.2) is 132 Å². The second-order valence-corrected chi connectivity index (χ2v) is 14.0. The van der Waals surface area contributed by atoms with E-state index in [0.29, 0.717) is 25.2 Å². The van der Waals surface area contributed by atoms with Crippen molar-refractivity contribution in [2.24, 2.45) is 0 Å². The molecule has 5 heterocycles. The molecule has 4 aliphatic heterocycles. The van der Waals surface area contributed by atoms with Gasteiger partial charge in [-0.05, 0) is 92.5 Å². The smallest absolute Gasteiger partial charge is 0.319 e. The maximum Gasteiger partial charge on any atom is 0.319 e. The van der Waals surface area contributed by atoms with Gasteiger partial charge in [0.05, 0.1) is 12.1 Å². The lowest BCUT2D eigenvalue weighted by Crippen LogP contribution is -2.57. The van der Waals surface area contributed by atoms with E-state index in [4.69, 9.17) is 14.7 Å². The number of phenols is 1. The van der Waals surface area contributed by atoms with Gasteiger partial charge >= 0.3 is 6.01 Å². The highest BCUT2D eigenvalue weighted by Crippen LogP contribution is 2.40. The van der Waals surface area contributed by atoms with E-state index in [2.05, 4.69) is 58.0 Å². The molecular formula is C37H45N7O3. The molecule has 4 aliphatic rings. The Bertz CT molecular complexity index is 1780. The van der Waals surface area contributed by atoms with Gasteiger partial charge in [-0.25, -0.2) is 0 Å². The molecule has 8 rings (SSSR count). The molecular weight excluding hydrogens is 590 g/mol. The number of fused-ring (bicyclic) bond motifs is 4. The third-order valence-corrected chi connectivity index (χ3v) is 10.9. The first-order chi connectivity index (χ1) is 22.9. The van der Waals surface area contributed by atoms with Crippen LogP contribution in [0, 0.1) is 0 Å². The minimum atomic E-state index is 0.243. The predicted octanol–water partition coefficient (Wildman–Crippen LogP) is 4.06. The molecule has 47 heavy (non-hydrogen) atoms. The zero-order valence-corrected chi connectivity index (χ0v) is 27.5. The summed E-state index contributed by atoms with van der Waals surface area (Å²) in [6, 6.07) is 19.5.